The summed E-state index contributed by atoms with van der Waals surface area (Å²) in [6, 6.07) is 27.4. The van der Waals surface area contributed by atoms with Crippen molar-refractivity contribution >= 4 is 34.9 Å². The first kappa shape index (κ1) is 25.0. The van der Waals surface area contributed by atoms with Gasteiger partial charge < -0.3 is 5.32 Å². The van der Waals surface area contributed by atoms with E-state index in [0.717, 1.165) is 0 Å². The van der Waals surface area contributed by atoms with Crippen molar-refractivity contribution in [2.24, 2.45) is 0 Å². The fourth-order valence-corrected chi connectivity index (χ4v) is 6.54. The molecule has 3 amide bonds. The molecule has 3 heterocycles. The molecule has 0 aromatic heterocycles. The largest absolute Gasteiger partial charge is 0.349 e. The van der Waals surface area contributed by atoms with Crippen LogP contribution in [0.3, 0.4) is 0 Å². The van der Waals surface area contributed by atoms with Crippen LogP contribution in [0, 0.1) is 0 Å². The number of anilines is 2. The molecule has 0 bridgehead atoms. The fraction of sp³-hybridized carbons (Fsp3) is 0.176. The van der Waals surface area contributed by atoms with E-state index in [0.29, 0.717) is 44.8 Å². The van der Waals surface area contributed by atoms with E-state index in [-0.39, 0.29) is 17.6 Å². The van der Waals surface area contributed by atoms with Gasteiger partial charge in [0.25, 0.3) is 17.7 Å². The van der Waals surface area contributed by atoms with Gasteiger partial charge in [-0.2, -0.15) is 0 Å². The number of hydrogen-bond acceptors (Lipinski definition) is 4. The van der Waals surface area contributed by atoms with Crippen molar-refractivity contribution in [3.63, 3.8) is 0 Å². The standard InChI is InChI=1S/C34H27N3O4/c1-33(2,3)35-32(41)34-25-16-10-9-15-24(25)31(40)37(34)27-19-21(28(38)20-11-5-4-6-12-20)17-18-26(27)36-29(34)22-13-7-8-14-23(22)30(36)39/h4-19,29H,1-3H3,(H,35,41). The molecule has 7 heteroatoms. The Balaban J connectivity index is 1.56. The van der Waals surface area contributed by atoms with Gasteiger partial charge in [0.2, 0.25) is 0 Å². The summed E-state index contributed by atoms with van der Waals surface area (Å²) in [5.74, 6) is -1.23. The topological polar surface area (TPSA) is 86.8 Å². The SMILES string of the molecule is CC(C)(C)NC(=O)C12c3ccccc3C(=O)N1c1cc(C(=O)c3ccccc3)ccc1N1C(=O)c3ccccc3C12. The number of carbonyl (C=O) groups is 4. The minimum Gasteiger partial charge on any atom is -0.349 e. The first-order chi connectivity index (χ1) is 19.6. The number of hydrogen-bond donors (Lipinski definition) is 1. The lowest BCUT2D eigenvalue weighted by Crippen LogP contribution is -2.65. The lowest BCUT2D eigenvalue weighted by Gasteiger charge is -2.51. The van der Waals surface area contributed by atoms with Gasteiger partial charge in [-0.05, 0) is 56.7 Å². The summed E-state index contributed by atoms with van der Waals surface area (Å²) in [5.41, 5.74) is 1.50. The number of nitrogens with zero attached hydrogens (tertiary/aromatic N) is 2. The second-order valence-corrected chi connectivity index (χ2v) is 11.7. The highest BCUT2D eigenvalue weighted by molar-refractivity contribution is 6.25. The first-order valence-corrected chi connectivity index (χ1v) is 13.6. The van der Waals surface area contributed by atoms with Crippen molar-refractivity contribution < 1.29 is 19.2 Å². The summed E-state index contributed by atoms with van der Waals surface area (Å²) >= 11 is 0. The molecule has 3 aliphatic rings. The monoisotopic (exact) mass is 541 g/mol. The zero-order valence-corrected chi connectivity index (χ0v) is 22.8. The normalized spacial score (nSPS) is 20.1. The van der Waals surface area contributed by atoms with E-state index in [9.17, 15) is 19.2 Å². The third kappa shape index (κ3) is 3.32. The average Bonchev–Trinajstić information content (AvgIpc) is 3.42. The van der Waals surface area contributed by atoms with Crippen LogP contribution in [0.1, 0.15) is 74.6 Å². The van der Waals surface area contributed by atoms with E-state index >= 15 is 0 Å². The van der Waals surface area contributed by atoms with E-state index in [1.54, 1.807) is 83.8 Å². The molecule has 0 saturated heterocycles. The summed E-state index contributed by atoms with van der Waals surface area (Å²) in [6.45, 7) is 5.65. The van der Waals surface area contributed by atoms with Crippen molar-refractivity contribution in [2.45, 2.75) is 37.9 Å². The summed E-state index contributed by atoms with van der Waals surface area (Å²) in [4.78, 5) is 59.9. The molecule has 4 aromatic carbocycles. The van der Waals surface area contributed by atoms with Crippen LogP contribution >= 0.6 is 0 Å². The van der Waals surface area contributed by atoms with Gasteiger partial charge in [-0.1, -0.05) is 66.7 Å². The number of amides is 3. The van der Waals surface area contributed by atoms with Crippen LogP contribution in [-0.4, -0.2) is 29.0 Å². The molecule has 3 aliphatic heterocycles. The Morgan fingerprint density at radius 3 is 2.12 bits per heavy atom. The fourth-order valence-electron chi connectivity index (χ4n) is 6.54. The molecule has 2 atom stereocenters. The Hall–Kier alpha value is -5.04. The minimum atomic E-state index is -1.61. The number of ketones is 1. The molecule has 41 heavy (non-hydrogen) atoms. The molecule has 7 nitrogen and oxygen atoms in total. The van der Waals surface area contributed by atoms with Crippen molar-refractivity contribution in [3.05, 3.63) is 130 Å². The Bertz CT molecular complexity index is 1810. The third-order valence-corrected chi connectivity index (χ3v) is 8.09. The lowest BCUT2D eigenvalue weighted by molar-refractivity contribution is -0.129. The maximum Gasteiger partial charge on any atom is 0.260 e. The van der Waals surface area contributed by atoms with E-state index in [1.165, 1.54) is 4.90 Å². The van der Waals surface area contributed by atoms with Crippen molar-refractivity contribution in [1.29, 1.82) is 0 Å². The van der Waals surface area contributed by atoms with E-state index in [1.807, 2.05) is 39.0 Å². The quantitative estimate of drug-likeness (QED) is 0.352. The molecule has 1 N–H and O–H groups in total. The van der Waals surface area contributed by atoms with Gasteiger partial charge in [0.1, 0.15) is 6.04 Å². The highest BCUT2D eigenvalue weighted by atomic mass is 16.2. The Kier molecular flexibility index (Phi) is 5.16. The number of benzene rings is 4. The molecule has 0 fully saturated rings. The van der Waals surface area contributed by atoms with Crippen LogP contribution in [-0.2, 0) is 10.3 Å². The molecule has 202 valence electrons. The molecule has 7 rings (SSSR count). The van der Waals surface area contributed by atoms with E-state index < -0.39 is 23.0 Å². The van der Waals surface area contributed by atoms with Gasteiger partial charge >= 0.3 is 0 Å². The predicted molar refractivity (Wildman–Crippen MR) is 155 cm³/mol. The maximum atomic E-state index is 14.7. The van der Waals surface area contributed by atoms with Crippen LogP contribution in [0.15, 0.2) is 97.1 Å². The second kappa shape index (κ2) is 8.48. The minimum absolute atomic E-state index is 0.222. The van der Waals surface area contributed by atoms with Gasteiger partial charge in [-0.25, -0.2) is 0 Å². The summed E-state index contributed by atoms with van der Waals surface area (Å²) in [6.07, 6.45) is 0. The van der Waals surface area contributed by atoms with Crippen molar-refractivity contribution in [1.82, 2.24) is 5.32 Å². The van der Waals surface area contributed by atoms with Crippen molar-refractivity contribution in [3.8, 4) is 0 Å². The predicted octanol–water partition coefficient (Wildman–Crippen LogP) is 5.40. The van der Waals surface area contributed by atoms with Gasteiger partial charge in [0, 0.05) is 33.4 Å². The molecule has 0 radical (unpaired) electrons. The molecule has 4 aromatic rings. The highest BCUT2D eigenvalue weighted by Gasteiger charge is 2.68. The summed E-state index contributed by atoms with van der Waals surface area (Å²) in [5, 5.41) is 3.13. The third-order valence-electron chi connectivity index (χ3n) is 8.09. The Labute approximate surface area is 237 Å². The molecule has 0 saturated carbocycles. The van der Waals surface area contributed by atoms with Crippen LogP contribution in [0.4, 0.5) is 11.4 Å². The Morgan fingerprint density at radius 1 is 0.732 bits per heavy atom. The van der Waals surface area contributed by atoms with Crippen LogP contribution < -0.4 is 15.1 Å². The van der Waals surface area contributed by atoms with Crippen molar-refractivity contribution in [2.75, 3.05) is 9.80 Å². The maximum absolute atomic E-state index is 14.7. The molecule has 2 unspecified atom stereocenters. The molecule has 0 spiro atoms. The highest BCUT2D eigenvalue weighted by Crippen LogP contribution is 2.61. The van der Waals surface area contributed by atoms with E-state index in [2.05, 4.69) is 5.32 Å². The zero-order chi connectivity index (χ0) is 28.7. The second-order valence-electron chi connectivity index (χ2n) is 11.7. The number of fused-ring (bicyclic) bond motifs is 10. The summed E-state index contributed by atoms with van der Waals surface area (Å²) < 4.78 is 0. The lowest BCUT2D eigenvalue weighted by atomic mass is 9.76. The summed E-state index contributed by atoms with van der Waals surface area (Å²) in [7, 11) is 0. The number of nitrogens with one attached hydrogen (secondary N) is 1. The first-order valence-electron chi connectivity index (χ1n) is 13.6. The molecular formula is C34H27N3O4. The van der Waals surface area contributed by atoms with Gasteiger partial charge in [0.15, 0.2) is 11.3 Å². The number of carbonyl (C=O) groups excluding carboxylic acids is 4. The Morgan fingerprint density at radius 2 is 1.39 bits per heavy atom. The zero-order valence-electron chi connectivity index (χ0n) is 22.8. The van der Waals surface area contributed by atoms with Crippen LogP contribution in [0.25, 0.3) is 0 Å². The van der Waals surface area contributed by atoms with Crippen LogP contribution in [0.5, 0.6) is 0 Å². The number of rotatable bonds is 3. The molecule has 0 aliphatic carbocycles. The van der Waals surface area contributed by atoms with E-state index in [4.69, 9.17) is 0 Å². The average molecular weight is 542 g/mol. The van der Waals surface area contributed by atoms with Gasteiger partial charge in [-0.15, -0.1) is 0 Å². The van der Waals surface area contributed by atoms with Crippen LogP contribution in [0.2, 0.25) is 0 Å². The van der Waals surface area contributed by atoms with Gasteiger partial charge in [0.05, 0.1) is 11.4 Å². The molecular weight excluding hydrogens is 514 g/mol. The van der Waals surface area contributed by atoms with Gasteiger partial charge in [-0.3, -0.25) is 29.0 Å². The smallest absolute Gasteiger partial charge is 0.260 e.